The Labute approximate surface area is 132 Å². The van der Waals surface area contributed by atoms with E-state index in [1.54, 1.807) is 0 Å². The van der Waals surface area contributed by atoms with E-state index in [4.69, 9.17) is 4.74 Å². The number of carbonyl (C=O) groups is 2. The van der Waals surface area contributed by atoms with E-state index in [2.05, 4.69) is 20.8 Å². The molecule has 0 saturated carbocycles. The molecule has 4 heteroatoms. The number of methoxy groups -OCH3 is 1. The van der Waals surface area contributed by atoms with Gasteiger partial charge in [0.15, 0.2) is 0 Å². The molecule has 0 atom stereocenters. The van der Waals surface area contributed by atoms with Crippen molar-refractivity contribution in [2.24, 2.45) is 5.92 Å². The van der Waals surface area contributed by atoms with Gasteiger partial charge < -0.3 is 9.64 Å². The fraction of sp³-hybridized carbons (Fsp3) is 0.556. The summed E-state index contributed by atoms with van der Waals surface area (Å²) < 4.78 is 4.77. The molecule has 1 aromatic rings. The monoisotopic (exact) mass is 303 g/mol. The summed E-state index contributed by atoms with van der Waals surface area (Å²) in [7, 11) is 1.41. The summed E-state index contributed by atoms with van der Waals surface area (Å²) in [4.78, 5) is 25.9. The number of ether oxygens (including phenoxy) is 1. The maximum atomic E-state index is 12.5. The number of likely N-dealkylation sites (tertiary alicyclic amines) is 1. The van der Waals surface area contributed by atoms with Gasteiger partial charge in [0, 0.05) is 18.7 Å². The lowest BCUT2D eigenvalue weighted by Crippen LogP contribution is -2.40. The van der Waals surface area contributed by atoms with Crippen LogP contribution in [0.25, 0.3) is 0 Å². The van der Waals surface area contributed by atoms with E-state index in [-0.39, 0.29) is 23.2 Å². The smallest absolute Gasteiger partial charge is 0.308 e. The van der Waals surface area contributed by atoms with E-state index in [0.29, 0.717) is 31.5 Å². The van der Waals surface area contributed by atoms with Crippen molar-refractivity contribution in [3.63, 3.8) is 0 Å². The molecule has 1 fully saturated rings. The van der Waals surface area contributed by atoms with Crippen LogP contribution in [0.4, 0.5) is 0 Å². The quantitative estimate of drug-likeness (QED) is 0.789. The minimum absolute atomic E-state index is 0.0452. The molecule has 22 heavy (non-hydrogen) atoms. The van der Waals surface area contributed by atoms with Crippen molar-refractivity contribution in [3.8, 4) is 0 Å². The van der Waals surface area contributed by atoms with Crippen LogP contribution in [-0.2, 0) is 14.9 Å². The first-order valence-electron chi connectivity index (χ1n) is 7.80. The van der Waals surface area contributed by atoms with Gasteiger partial charge in [-0.3, -0.25) is 9.59 Å². The Balaban J connectivity index is 2.00. The Bertz CT molecular complexity index is 534. The Morgan fingerprint density at radius 2 is 1.64 bits per heavy atom. The summed E-state index contributed by atoms with van der Waals surface area (Å²) in [5, 5.41) is 0. The molecule has 0 aliphatic carbocycles. The molecule has 2 rings (SSSR count). The second-order valence-electron chi connectivity index (χ2n) is 6.92. The van der Waals surface area contributed by atoms with Crippen molar-refractivity contribution in [2.75, 3.05) is 20.2 Å². The highest BCUT2D eigenvalue weighted by Gasteiger charge is 2.28. The van der Waals surface area contributed by atoms with E-state index in [1.807, 2.05) is 29.2 Å². The molecule has 0 spiro atoms. The van der Waals surface area contributed by atoms with Gasteiger partial charge in [-0.15, -0.1) is 0 Å². The Morgan fingerprint density at radius 1 is 1.09 bits per heavy atom. The first-order chi connectivity index (χ1) is 10.3. The Hall–Kier alpha value is -1.84. The third kappa shape index (κ3) is 3.67. The molecule has 1 aliphatic rings. The Morgan fingerprint density at radius 3 is 2.09 bits per heavy atom. The van der Waals surface area contributed by atoms with Crippen LogP contribution in [0.15, 0.2) is 24.3 Å². The van der Waals surface area contributed by atoms with Gasteiger partial charge in [-0.2, -0.15) is 0 Å². The SMILES string of the molecule is COC(=O)C1CCN(C(=O)c2ccc(C(C)(C)C)cc2)CC1. The lowest BCUT2D eigenvalue weighted by atomic mass is 9.86. The van der Waals surface area contributed by atoms with Gasteiger partial charge in [0.2, 0.25) is 0 Å². The van der Waals surface area contributed by atoms with Crippen molar-refractivity contribution < 1.29 is 14.3 Å². The normalized spacial score (nSPS) is 16.5. The topological polar surface area (TPSA) is 46.6 Å². The van der Waals surface area contributed by atoms with Gasteiger partial charge in [0.05, 0.1) is 13.0 Å². The number of benzene rings is 1. The van der Waals surface area contributed by atoms with Crippen molar-refractivity contribution in [2.45, 2.75) is 39.0 Å². The maximum Gasteiger partial charge on any atom is 0.308 e. The van der Waals surface area contributed by atoms with Gasteiger partial charge >= 0.3 is 5.97 Å². The van der Waals surface area contributed by atoms with E-state index in [9.17, 15) is 9.59 Å². The molecule has 0 aromatic heterocycles. The lowest BCUT2D eigenvalue weighted by Gasteiger charge is -2.31. The van der Waals surface area contributed by atoms with Gasteiger partial charge in [-0.25, -0.2) is 0 Å². The molecule has 1 heterocycles. The van der Waals surface area contributed by atoms with Crippen LogP contribution < -0.4 is 0 Å². The lowest BCUT2D eigenvalue weighted by molar-refractivity contribution is -0.146. The first-order valence-corrected chi connectivity index (χ1v) is 7.80. The molecule has 1 saturated heterocycles. The zero-order valence-corrected chi connectivity index (χ0v) is 13.9. The summed E-state index contributed by atoms with van der Waals surface area (Å²) in [5.41, 5.74) is 2.01. The highest BCUT2D eigenvalue weighted by Crippen LogP contribution is 2.24. The van der Waals surface area contributed by atoms with Crippen LogP contribution in [0.1, 0.15) is 49.5 Å². The molecule has 0 N–H and O–H groups in total. The molecule has 0 radical (unpaired) electrons. The summed E-state index contributed by atoms with van der Waals surface area (Å²) in [6.07, 6.45) is 1.36. The molecule has 1 aromatic carbocycles. The molecule has 1 aliphatic heterocycles. The van der Waals surface area contributed by atoms with Gasteiger partial charge in [-0.05, 0) is 36.0 Å². The van der Waals surface area contributed by atoms with Crippen molar-refractivity contribution in [1.29, 1.82) is 0 Å². The molecule has 1 amide bonds. The maximum absolute atomic E-state index is 12.5. The number of hydrogen-bond donors (Lipinski definition) is 0. The van der Waals surface area contributed by atoms with Crippen LogP contribution in [0.3, 0.4) is 0 Å². The number of esters is 1. The first kappa shape index (κ1) is 16.5. The van der Waals surface area contributed by atoms with Gasteiger partial charge in [0.1, 0.15) is 0 Å². The standard InChI is InChI=1S/C18H25NO3/c1-18(2,3)15-7-5-13(6-8-15)16(20)19-11-9-14(10-12-19)17(21)22-4/h5-8,14H,9-12H2,1-4H3. The fourth-order valence-corrected chi connectivity index (χ4v) is 2.78. The summed E-state index contributed by atoms with van der Waals surface area (Å²) >= 11 is 0. The number of carbonyl (C=O) groups excluding carboxylic acids is 2. The van der Waals surface area contributed by atoms with Crippen LogP contribution in [-0.4, -0.2) is 37.0 Å². The zero-order valence-electron chi connectivity index (χ0n) is 13.9. The van der Waals surface area contributed by atoms with Gasteiger partial charge in [-0.1, -0.05) is 32.9 Å². The average Bonchev–Trinajstić information content (AvgIpc) is 2.53. The highest BCUT2D eigenvalue weighted by atomic mass is 16.5. The van der Waals surface area contributed by atoms with Crippen molar-refractivity contribution in [1.82, 2.24) is 4.90 Å². The van der Waals surface area contributed by atoms with Crippen LogP contribution in [0, 0.1) is 5.92 Å². The summed E-state index contributed by atoms with van der Waals surface area (Å²) in [6, 6.07) is 7.84. The van der Waals surface area contributed by atoms with Crippen LogP contribution in [0.5, 0.6) is 0 Å². The molecular weight excluding hydrogens is 278 g/mol. The fourth-order valence-electron chi connectivity index (χ4n) is 2.78. The van der Waals surface area contributed by atoms with E-state index < -0.39 is 0 Å². The number of amides is 1. The average molecular weight is 303 g/mol. The van der Waals surface area contributed by atoms with Crippen molar-refractivity contribution in [3.05, 3.63) is 35.4 Å². The van der Waals surface area contributed by atoms with Crippen LogP contribution in [0.2, 0.25) is 0 Å². The predicted molar refractivity (Wildman–Crippen MR) is 85.8 cm³/mol. The molecule has 4 nitrogen and oxygen atoms in total. The third-order valence-corrected chi connectivity index (χ3v) is 4.31. The second kappa shape index (κ2) is 6.51. The number of piperidine rings is 1. The van der Waals surface area contributed by atoms with Crippen molar-refractivity contribution >= 4 is 11.9 Å². The third-order valence-electron chi connectivity index (χ3n) is 4.31. The molecule has 0 bridgehead atoms. The minimum Gasteiger partial charge on any atom is -0.469 e. The number of hydrogen-bond acceptors (Lipinski definition) is 3. The van der Waals surface area contributed by atoms with E-state index in [1.165, 1.54) is 12.7 Å². The molecule has 120 valence electrons. The Kier molecular flexibility index (Phi) is 4.89. The largest absolute Gasteiger partial charge is 0.469 e. The molecular formula is C18H25NO3. The van der Waals surface area contributed by atoms with E-state index in [0.717, 1.165) is 0 Å². The van der Waals surface area contributed by atoms with E-state index >= 15 is 0 Å². The van der Waals surface area contributed by atoms with Crippen LogP contribution >= 0.6 is 0 Å². The summed E-state index contributed by atoms with van der Waals surface area (Å²) in [5.74, 6) is -0.192. The number of rotatable bonds is 2. The van der Waals surface area contributed by atoms with Gasteiger partial charge in [0.25, 0.3) is 5.91 Å². The zero-order chi connectivity index (χ0) is 16.3. The number of nitrogens with zero attached hydrogens (tertiary/aromatic N) is 1. The highest BCUT2D eigenvalue weighted by molar-refractivity contribution is 5.94. The second-order valence-corrected chi connectivity index (χ2v) is 6.92. The molecule has 0 unspecified atom stereocenters. The summed E-state index contributed by atoms with van der Waals surface area (Å²) in [6.45, 7) is 7.68. The minimum atomic E-state index is -0.165. The predicted octanol–water partition coefficient (Wildman–Crippen LogP) is 3.01.